The molecule has 2 aromatic heterocycles. The molecule has 21 heavy (non-hydrogen) atoms. The highest BCUT2D eigenvalue weighted by Gasteiger charge is 2.26. The van der Waals surface area contributed by atoms with Gasteiger partial charge in [0.25, 0.3) is 0 Å². The molecule has 2 heterocycles. The fraction of sp³-hybridized carbons (Fsp3) is 0.571. The molecule has 0 amide bonds. The van der Waals surface area contributed by atoms with E-state index in [2.05, 4.69) is 20.1 Å². The van der Waals surface area contributed by atoms with Crippen molar-refractivity contribution < 1.29 is 9.26 Å². The number of hydrogen-bond donors (Lipinski definition) is 1. The Bertz CT molecular complexity index is 595. The summed E-state index contributed by atoms with van der Waals surface area (Å²) in [7, 11) is 1.55. The fourth-order valence-corrected chi connectivity index (χ4v) is 2.74. The predicted molar refractivity (Wildman–Crippen MR) is 75.4 cm³/mol. The van der Waals surface area contributed by atoms with E-state index < -0.39 is 0 Å². The molecule has 1 saturated carbocycles. The molecule has 1 fully saturated rings. The Morgan fingerprint density at radius 3 is 2.86 bits per heavy atom. The van der Waals surface area contributed by atoms with Gasteiger partial charge in [-0.1, -0.05) is 24.4 Å². The van der Waals surface area contributed by atoms with Gasteiger partial charge in [0.2, 0.25) is 17.6 Å². The summed E-state index contributed by atoms with van der Waals surface area (Å²) in [6.45, 7) is 0. The van der Waals surface area contributed by atoms with Gasteiger partial charge < -0.3 is 15.0 Å². The van der Waals surface area contributed by atoms with Crippen LogP contribution in [0.15, 0.2) is 16.9 Å². The lowest BCUT2D eigenvalue weighted by Gasteiger charge is -2.24. The van der Waals surface area contributed by atoms with Crippen LogP contribution in [-0.2, 0) is 0 Å². The number of ether oxygens (including phenoxy) is 1. The zero-order valence-corrected chi connectivity index (χ0v) is 12.0. The summed E-state index contributed by atoms with van der Waals surface area (Å²) in [5.74, 6) is 1.78. The first kappa shape index (κ1) is 13.9. The van der Waals surface area contributed by atoms with E-state index in [-0.39, 0.29) is 6.04 Å². The second-order valence-electron chi connectivity index (χ2n) is 5.33. The highest BCUT2D eigenvalue weighted by atomic mass is 16.5. The van der Waals surface area contributed by atoms with Crippen LogP contribution in [-0.4, -0.2) is 27.2 Å². The van der Waals surface area contributed by atoms with E-state index in [1.165, 1.54) is 25.6 Å². The highest BCUT2D eigenvalue weighted by Crippen LogP contribution is 2.32. The van der Waals surface area contributed by atoms with Crippen molar-refractivity contribution in [2.24, 2.45) is 11.7 Å². The summed E-state index contributed by atoms with van der Waals surface area (Å²) >= 11 is 0. The van der Waals surface area contributed by atoms with Gasteiger partial charge in [-0.15, -0.1) is 0 Å². The van der Waals surface area contributed by atoms with Crippen molar-refractivity contribution in [2.45, 2.75) is 38.1 Å². The number of methoxy groups -OCH3 is 1. The monoisotopic (exact) mass is 289 g/mol. The second-order valence-corrected chi connectivity index (χ2v) is 5.33. The maximum atomic E-state index is 6.26. The number of rotatable bonds is 4. The maximum Gasteiger partial charge on any atom is 0.244 e. The van der Waals surface area contributed by atoms with Crippen molar-refractivity contribution in [3.63, 3.8) is 0 Å². The van der Waals surface area contributed by atoms with E-state index in [4.69, 9.17) is 15.0 Å². The van der Waals surface area contributed by atoms with Crippen molar-refractivity contribution in [1.29, 1.82) is 0 Å². The summed E-state index contributed by atoms with van der Waals surface area (Å²) in [6.07, 6.45) is 7.40. The SMILES string of the molecule is COc1cc(-c2noc(C(N)C3CCCCC3)n2)ncn1. The molecule has 112 valence electrons. The Labute approximate surface area is 122 Å². The molecular weight excluding hydrogens is 270 g/mol. The van der Waals surface area contributed by atoms with Crippen molar-refractivity contribution >= 4 is 0 Å². The molecule has 0 aromatic carbocycles. The van der Waals surface area contributed by atoms with Gasteiger partial charge in [0.1, 0.15) is 12.0 Å². The fourth-order valence-electron chi connectivity index (χ4n) is 2.74. The average Bonchev–Trinajstić information content (AvgIpc) is 3.05. The largest absolute Gasteiger partial charge is 0.481 e. The molecule has 2 N–H and O–H groups in total. The minimum absolute atomic E-state index is 0.199. The standard InChI is InChI=1S/C14H19N5O2/c1-20-11-7-10(16-8-17-11)13-18-14(21-19-13)12(15)9-5-3-2-4-6-9/h7-9,12H,2-6,15H2,1H3. The van der Waals surface area contributed by atoms with Gasteiger partial charge in [-0.05, 0) is 18.8 Å². The maximum absolute atomic E-state index is 6.26. The lowest BCUT2D eigenvalue weighted by molar-refractivity contribution is 0.255. The molecule has 3 rings (SSSR count). The first-order valence-electron chi connectivity index (χ1n) is 7.23. The van der Waals surface area contributed by atoms with Crippen LogP contribution in [0.5, 0.6) is 5.88 Å². The summed E-state index contributed by atoms with van der Waals surface area (Å²) in [5, 5.41) is 3.97. The first-order chi connectivity index (χ1) is 10.3. The van der Waals surface area contributed by atoms with E-state index in [1.54, 1.807) is 13.2 Å². The van der Waals surface area contributed by atoms with E-state index in [0.29, 0.717) is 29.2 Å². The van der Waals surface area contributed by atoms with E-state index in [1.807, 2.05) is 0 Å². The topological polar surface area (TPSA) is 100.0 Å². The Morgan fingerprint density at radius 1 is 1.29 bits per heavy atom. The molecule has 7 heteroatoms. The van der Waals surface area contributed by atoms with E-state index in [0.717, 1.165) is 12.8 Å². The van der Waals surface area contributed by atoms with Gasteiger partial charge in [0, 0.05) is 6.07 Å². The Morgan fingerprint density at radius 2 is 2.10 bits per heavy atom. The third-order valence-electron chi connectivity index (χ3n) is 3.96. The molecule has 0 aliphatic heterocycles. The van der Waals surface area contributed by atoms with Gasteiger partial charge in [0.05, 0.1) is 13.2 Å². The Hall–Kier alpha value is -2.02. The van der Waals surface area contributed by atoms with Crippen LogP contribution in [0.4, 0.5) is 0 Å². The van der Waals surface area contributed by atoms with Crippen LogP contribution < -0.4 is 10.5 Å². The molecule has 1 unspecified atom stereocenters. The lowest BCUT2D eigenvalue weighted by atomic mass is 9.84. The Balaban J connectivity index is 1.78. The van der Waals surface area contributed by atoms with E-state index >= 15 is 0 Å². The normalized spacial score (nSPS) is 17.6. The molecule has 2 aromatic rings. The summed E-state index contributed by atoms with van der Waals surface area (Å²) in [6, 6.07) is 1.47. The minimum Gasteiger partial charge on any atom is -0.481 e. The van der Waals surface area contributed by atoms with Gasteiger partial charge in [0.15, 0.2) is 0 Å². The summed E-state index contributed by atoms with van der Waals surface area (Å²) < 4.78 is 10.4. The van der Waals surface area contributed by atoms with E-state index in [9.17, 15) is 0 Å². The Kier molecular flexibility index (Phi) is 4.10. The molecule has 1 aliphatic rings. The van der Waals surface area contributed by atoms with Crippen LogP contribution in [0.2, 0.25) is 0 Å². The quantitative estimate of drug-likeness (QED) is 0.919. The summed E-state index contributed by atoms with van der Waals surface area (Å²) in [4.78, 5) is 12.5. The molecule has 0 spiro atoms. The van der Waals surface area contributed by atoms with Crippen LogP contribution in [0.3, 0.4) is 0 Å². The predicted octanol–water partition coefficient (Wildman–Crippen LogP) is 2.12. The molecule has 7 nitrogen and oxygen atoms in total. The molecular formula is C14H19N5O2. The van der Waals surface area contributed by atoms with Crippen molar-refractivity contribution in [2.75, 3.05) is 7.11 Å². The van der Waals surface area contributed by atoms with Gasteiger partial charge in [-0.25, -0.2) is 9.97 Å². The average molecular weight is 289 g/mol. The molecule has 1 atom stereocenters. The minimum atomic E-state index is -0.199. The van der Waals surface area contributed by atoms with Gasteiger partial charge >= 0.3 is 0 Å². The molecule has 0 bridgehead atoms. The van der Waals surface area contributed by atoms with Crippen molar-refractivity contribution in [3.8, 4) is 17.4 Å². The van der Waals surface area contributed by atoms with Gasteiger partial charge in [-0.3, -0.25) is 0 Å². The molecule has 0 saturated heterocycles. The van der Waals surface area contributed by atoms with Gasteiger partial charge in [-0.2, -0.15) is 4.98 Å². The molecule has 1 aliphatic carbocycles. The zero-order chi connectivity index (χ0) is 14.7. The van der Waals surface area contributed by atoms with Crippen molar-refractivity contribution in [3.05, 3.63) is 18.3 Å². The summed E-state index contributed by atoms with van der Waals surface area (Å²) in [5.41, 5.74) is 6.83. The number of nitrogens with two attached hydrogens (primary N) is 1. The molecule has 0 radical (unpaired) electrons. The second kappa shape index (κ2) is 6.17. The first-order valence-corrected chi connectivity index (χ1v) is 7.23. The smallest absolute Gasteiger partial charge is 0.244 e. The highest BCUT2D eigenvalue weighted by molar-refractivity contribution is 5.49. The van der Waals surface area contributed by atoms with Crippen LogP contribution in [0, 0.1) is 5.92 Å². The van der Waals surface area contributed by atoms with Crippen LogP contribution in [0.1, 0.15) is 44.0 Å². The van der Waals surface area contributed by atoms with Crippen molar-refractivity contribution in [1.82, 2.24) is 20.1 Å². The lowest BCUT2D eigenvalue weighted by Crippen LogP contribution is -2.23. The number of hydrogen-bond acceptors (Lipinski definition) is 7. The zero-order valence-electron chi connectivity index (χ0n) is 12.0. The van der Waals surface area contributed by atoms with Crippen LogP contribution >= 0.6 is 0 Å². The third kappa shape index (κ3) is 3.02. The number of aromatic nitrogens is 4. The third-order valence-corrected chi connectivity index (χ3v) is 3.96. The van der Waals surface area contributed by atoms with Crippen LogP contribution in [0.25, 0.3) is 11.5 Å². The number of nitrogens with zero attached hydrogens (tertiary/aromatic N) is 4.